The maximum Gasteiger partial charge on any atom is 0.150 e. The zero-order valence-corrected chi connectivity index (χ0v) is 14.4. The van der Waals surface area contributed by atoms with Crippen LogP contribution in [-0.4, -0.2) is 46.0 Å². The van der Waals surface area contributed by atoms with Crippen molar-refractivity contribution in [3.05, 3.63) is 35.8 Å². The Morgan fingerprint density at radius 1 is 1.25 bits per heavy atom. The molecule has 130 valence electrons. The van der Waals surface area contributed by atoms with Crippen molar-refractivity contribution in [3.8, 4) is 0 Å². The second-order valence-electron chi connectivity index (χ2n) is 6.83. The van der Waals surface area contributed by atoms with E-state index in [9.17, 15) is 0 Å². The summed E-state index contributed by atoms with van der Waals surface area (Å²) in [4.78, 5) is 7.32. The summed E-state index contributed by atoms with van der Waals surface area (Å²) in [5, 5.41) is 4.76. The molecule has 0 radical (unpaired) electrons. The summed E-state index contributed by atoms with van der Waals surface area (Å²) in [6.07, 6.45) is 5.97. The van der Waals surface area contributed by atoms with Gasteiger partial charge in [0.05, 0.1) is 25.5 Å². The van der Waals surface area contributed by atoms with Crippen LogP contribution in [0.1, 0.15) is 55.6 Å². The van der Waals surface area contributed by atoms with Gasteiger partial charge in [-0.2, -0.15) is 5.10 Å². The van der Waals surface area contributed by atoms with Crippen LogP contribution in [0.4, 0.5) is 0 Å². The summed E-state index contributed by atoms with van der Waals surface area (Å²) in [6, 6.07) is 4.38. The molecule has 4 rings (SSSR count). The molecular weight excluding hydrogens is 304 g/mol. The van der Waals surface area contributed by atoms with E-state index >= 15 is 0 Å². The van der Waals surface area contributed by atoms with Gasteiger partial charge in [0.25, 0.3) is 0 Å². The van der Waals surface area contributed by atoms with Gasteiger partial charge in [0.15, 0.2) is 5.82 Å². The predicted molar refractivity (Wildman–Crippen MR) is 89.8 cm³/mol. The second kappa shape index (κ2) is 7.07. The Morgan fingerprint density at radius 3 is 2.79 bits per heavy atom. The topological polar surface area (TPSA) is 56.3 Å². The fraction of sp³-hybridized carbons (Fsp3) is 0.667. The highest BCUT2D eigenvalue weighted by atomic mass is 16.5. The molecule has 0 amide bonds. The molecular formula is C18H26N4O2. The number of furan rings is 1. The monoisotopic (exact) mass is 330 g/mol. The molecule has 6 heteroatoms. The van der Waals surface area contributed by atoms with Crippen molar-refractivity contribution in [1.82, 2.24) is 19.7 Å². The molecule has 24 heavy (non-hydrogen) atoms. The minimum absolute atomic E-state index is 0.369. The Bertz CT molecular complexity index is 638. The number of nitrogens with zero attached hydrogens (tertiary/aromatic N) is 4. The average molecular weight is 330 g/mol. The van der Waals surface area contributed by atoms with Crippen molar-refractivity contribution in [3.63, 3.8) is 0 Å². The number of aryl methyl sites for hydroxylation is 1. The largest absolute Gasteiger partial charge is 0.468 e. The molecule has 2 aromatic rings. The minimum Gasteiger partial charge on any atom is -0.468 e. The van der Waals surface area contributed by atoms with Crippen LogP contribution in [0, 0.1) is 0 Å². The smallest absolute Gasteiger partial charge is 0.150 e. The van der Waals surface area contributed by atoms with Gasteiger partial charge in [0, 0.05) is 18.9 Å². The van der Waals surface area contributed by atoms with Crippen LogP contribution in [0.5, 0.6) is 0 Å². The molecule has 0 N–H and O–H groups in total. The molecule has 2 aromatic heterocycles. The van der Waals surface area contributed by atoms with Gasteiger partial charge < -0.3 is 9.15 Å². The molecule has 1 atom stereocenters. The van der Waals surface area contributed by atoms with E-state index in [0.29, 0.717) is 12.0 Å². The maximum atomic E-state index is 5.57. The van der Waals surface area contributed by atoms with Crippen molar-refractivity contribution >= 4 is 0 Å². The van der Waals surface area contributed by atoms with Gasteiger partial charge in [-0.15, -0.1) is 0 Å². The summed E-state index contributed by atoms with van der Waals surface area (Å²) < 4.78 is 13.2. The van der Waals surface area contributed by atoms with E-state index in [1.807, 2.05) is 6.07 Å². The van der Waals surface area contributed by atoms with Crippen molar-refractivity contribution in [2.45, 2.75) is 51.1 Å². The number of hydrogen-bond donors (Lipinski definition) is 0. The van der Waals surface area contributed by atoms with E-state index in [-0.39, 0.29) is 0 Å². The van der Waals surface area contributed by atoms with E-state index < -0.39 is 0 Å². The van der Waals surface area contributed by atoms with Crippen LogP contribution < -0.4 is 0 Å². The normalized spacial score (nSPS) is 23.1. The number of piperidine rings is 1. The van der Waals surface area contributed by atoms with Crippen molar-refractivity contribution < 1.29 is 9.15 Å². The SMILES string of the molecule is CCc1nc(C2CCN(Cc3ccco3)CC2)n(C2CCOC2)n1. The Hall–Kier alpha value is -1.66. The third-order valence-electron chi connectivity index (χ3n) is 5.18. The molecule has 2 fully saturated rings. The third-order valence-corrected chi connectivity index (χ3v) is 5.18. The zero-order valence-electron chi connectivity index (χ0n) is 14.4. The van der Waals surface area contributed by atoms with Crippen LogP contribution in [0.3, 0.4) is 0 Å². The first-order valence-corrected chi connectivity index (χ1v) is 9.11. The fourth-order valence-corrected chi connectivity index (χ4v) is 3.77. The lowest BCUT2D eigenvalue weighted by Gasteiger charge is -2.31. The summed E-state index contributed by atoms with van der Waals surface area (Å²) in [7, 11) is 0. The molecule has 2 aliphatic heterocycles. The van der Waals surface area contributed by atoms with Crippen LogP contribution in [0.2, 0.25) is 0 Å². The Labute approximate surface area is 142 Å². The number of ether oxygens (including phenoxy) is 1. The highest BCUT2D eigenvalue weighted by Gasteiger charge is 2.29. The fourth-order valence-electron chi connectivity index (χ4n) is 3.77. The Morgan fingerprint density at radius 2 is 2.12 bits per heavy atom. The molecule has 1 unspecified atom stereocenters. The molecule has 0 spiro atoms. The average Bonchev–Trinajstić information content (AvgIpc) is 3.36. The molecule has 0 saturated carbocycles. The zero-order chi connectivity index (χ0) is 16.4. The first-order chi connectivity index (χ1) is 11.8. The van der Waals surface area contributed by atoms with E-state index in [0.717, 1.165) is 70.1 Å². The molecule has 0 aliphatic carbocycles. The van der Waals surface area contributed by atoms with Crippen LogP contribution in [0.25, 0.3) is 0 Å². The maximum absolute atomic E-state index is 5.57. The molecule has 2 aliphatic rings. The van der Waals surface area contributed by atoms with Crippen molar-refractivity contribution in [2.75, 3.05) is 26.3 Å². The van der Waals surface area contributed by atoms with Gasteiger partial charge in [-0.25, -0.2) is 9.67 Å². The van der Waals surface area contributed by atoms with Gasteiger partial charge in [0.2, 0.25) is 0 Å². The van der Waals surface area contributed by atoms with E-state index in [1.54, 1.807) is 6.26 Å². The lowest BCUT2D eigenvalue weighted by Crippen LogP contribution is -2.33. The summed E-state index contributed by atoms with van der Waals surface area (Å²) in [5.74, 6) is 3.70. The van der Waals surface area contributed by atoms with E-state index in [1.165, 1.54) is 5.82 Å². The van der Waals surface area contributed by atoms with Gasteiger partial charge in [-0.1, -0.05) is 6.92 Å². The highest BCUT2D eigenvalue weighted by molar-refractivity contribution is 5.05. The lowest BCUT2D eigenvalue weighted by atomic mass is 9.95. The van der Waals surface area contributed by atoms with Crippen molar-refractivity contribution in [1.29, 1.82) is 0 Å². The minimum atomic E-state index is 0.369. The molecule has 2 saturated heterocycles. The van der Waals surface area contributed by atoms with Crippen LogP contribution in [0.15, 0.2) is 22.8 Å². The van der Waals surface area contributed by atoms with Gasteiger partial charge in [-0.3, -0.25) is 4.90 Å². The first-order valence-electron chi connectivity index (χ1n) is 9.11. The molecule has 0 bridgehead atoms. The molecule has 6 nitrogen and oxygen atoms in total. The first kappa shape index (κ1) is 15.8. The van der Waals surface area contributed by atoms with Gasteiger partial charge >= 0.3 is 0 Å². The highest BCUT2D eigenvalue weighted by Crippen LogP contribution is 2.31. The molecule has 4 heterocycles. The Balaban J connectivity index is 1.44. The summed E-state index contributed by atoms with van der Waals surface area (Å²) in [6.45, 7) is 6.81. The van der Waals surface area contributed by atoms with Crippen molar-refractivity contribution in [2.24, 2.45) is 0 Å². The third kappa shape index (κ3) is 3.26. The lowest BCUT2D eigenvalue weighted by molar-refractivity contribution is 0.176. The quantitative estimate of drug-likeness (QED) is 0.844. The van der Waals surface area contributed by atoms with Crippen LogP contribution in [-0.2, 0) is 17.7 Å². The predicted octanol–water partition coefficient (Wildman–Crippen LogP) is 2.77. The van der Waals surface area contributed by atoms with E-state index in [2.05, 4.69) is 22.6 Å². The van der Waals surface area contributed by atoms with Crippen LogP contribution >= 0.6 is 0 Å². The molecule has 0 aromatic carbocycles. The number of aromatic nitrogens is 3. The van der Waals surface area contributed by atoms with Gasteiger partial charge in [0.1, 0.15) is 11.6 Å². The van der Waals surface area contributed by atoms with E-state index in [4.69, 9.17) is 19.2 Å². The standard InChI is InChI=1S/C18H26N4O2/c1-2-17-19-18(22(20-17)15-7-11-23-13-15)14-5-8-21(9-6-14)12-16-4-3-10-24-16/h3-4,10,14-15H,2,5-9,11-13H2,1H3. The Kier molecular flexibility index (Phi) is 4.67. The number of hydrogen-bond acceptors (Lipinski definition) is 5. The second-order valence-corrected chi connectivity index (χ2v) is 6.83. The summed E-state index contributed by atoms with van der Waals surface area (Å²) >= 11 is 0. The number of rotatable bonds is 5. The number of likely N-dealkylation sites (tertiary alicyclic amines) is 1. The summed E-state index contributed by atoms with van der Waals surface area (Å²) in [5.41, 5.74) is 0. The van der Waals surface area contributed by atoms with Gasteiger partial charge in [-0.05, 0) is 44.5 Å².